The Morgan fingerprint density at radius 2 is 1.56 bits per heavy atom. The molecule has 4 rings (SSSR count). The summed E-state index contributed by atoms with van der Waals surface area (Å²) in [6, 6.07) is 28.5. The third-order valence-electron chi connectivity index (χ3n) is 7.76. The monoisotopic (exact) mass is 575 g/mol. The summed E-state index contributed by atoms with van der Waals surface area (Å²) >= 11 is 0. The summed E-state index contributed by atoms with van der Waals surface area (Å²) in [5.74, 6) is 0.0580. The van der Waals surface area contributed by atoms with Crippen molar-refractivity contribution in [3.8, 4) is 0 Å². The summed E-state index contributed by atoms with van der Waals surface area (Å²) in [5.41, 5.74) is 2.10. The number of likely N-dealkylation sites (N-methyl/N-ethyl adjacent to an activating group) is 1. The van der Waals surface area contributed by atoms with Crippen molar-refractivity contribution >= 4 is 16.1 Å². The molecule has 0 radical (unpaired) electrons. The van der Waals surface area contributed by atoms with Gasteiger partial charge < -0.3 is 14.5 Å². The second kappa shape index (κ2) is 15.0. The zero-order valence-corrected chi connectivity index (χ0v) is 24.7. The molecular weight excluding hydrogens is 534 g/mol. The number of hydrogen-bond acceptors (Lipinski definition) is 5. The van der Waals surface area contributed by atoms with E-state index in [4.69, 9.17) is 4.74 Å². The number of carbonyl (C=O) groups is 1. The summed E-state index contributed by atoms with van der Waals surface area (Å²) in [4.78, 5) is 17.5. The van der Waals surface area contributed by atoms with Crippen LogP contribution in [-0.2, 0) is 21.4 Å². The van der Waals surface area contributed by atoms with Crippen LogP contribution in [0, 0.1) is 0 Å². The largest absolute Gasteiger partial charge is 0.445 e. The Kier molecular flexibility index (Phi) is 11.1. The molecule has 1 aliphatic rings. The highest BCUT2D eigenvalue weighted by Gasteiger charge is 2.29. The van der Waals surface area contributed by atoms with E-state index in [-0.39, 0.29) is 24.7 Å². The first kappa shape index (κ1) is 30.5. The summed E-state index contributed by atoms with van der Waals surface area (Å²) in [7, 11) is -1.91. The van der Waals surface area contributed by atoms with Gasteiger partial charge in [-0.15, -0.1) is 6.58 Å². The Bertz CT molecular complexity index is 1330. The smallest absolute Gasteiger partial charge is 0.410 e. The lowest BCUT2D eigenvalue weighted by atomic mass is 9.94. The summed E-state index contributed by atoms with van der Waals surface area (Å²) < 4.78 is 33.5. The van der Waals surface area contributed by atoms with E-state index in [9.17, 15) is 13.2 Å². The maximum Gasteiger partial charge on any atom is 0.410 e. The minimum absolute atomic E-state index is 0.0580. The van der Waals surface area contributed by atoms with Crippen LogP contribution in [0.25, 0.3) is 0 Å². The molecule has 3 aromatic carbocycles. The van der Waals surface area contributed by atoms with Crippen LogP contribution >= 0.6 is 0 Å². The number of rotatable bonds is 13. The van der Waals surface area contributed by atoms with E-state index in [0.29, 0.717) is 18.0 Å². The van der Waals surface area contributed by atoms with Gasteiger partial charge in [-0.1, -0.05) is 84.9 Å². The normalized spacial score (nSPS) is 15.4. The number of piperidine rings is 1. The van der Waals surface area contributed by atoms with Crippen LogP contribution in [-0.4, -0.2) is 74.4 Å². The molecule has 1 heterocycles. The predicted molar refractivity (Wildman–Crippen MR) is 163 cm³/mol. The van der Waals surface area contributed by atoms with E-state index in [1.807, 2.05) is 54.6 Å². The van der Waals surface area contributed by atoms with Crippen molar-refractivity contribution in [3.63, 3.8) is 0 Å². The average Bonchev–Trinajstić information content (AvgIpc) is 3.02. The van der Waals surface area contributed by atoms with Crippen molar-refractivity contribution in [2.45, 2.75) is 42.7 Å². The second-order valence-electron chi connectivity index (χ2n) is 10.5. The Hall–Kier alpha value is -3.46. The average molecular weight is 576 g/mol. The number of sulfonamides is 1. The Morgan fingerprint density at radius 3 is 2.17 bits per heavy atom. The van der Waals surface area contributed by atoms with E-state index < -0.39 is 10.0 Å². The van der Waals surface area contributed by atoms with Gasteiger partial charge in [-0.2, -0.15) is 0 Å². The molecule has 41 heavy (non-hydrogen) atoms. The maximum atomic E-state index is 13.2. The molecule has 7 nitrogen and oxygen atoms in total. The highest BCUT2D eigenvalue weighted by molar-refractivity contribution is 7.89. The molecule has 0 unspecified atom stereocenters. The third-order valence-corrected chi connectivity index (χ3v) is 9.59. The number of carbonyl (C=O) groups excluding carboxylic acids is 1. The number of nitrogens with zero attached hydrogens (tertiary/aromatic N) is 3. The first-order chi connectivity index (χ1) is 19.9. The van der Waals surface area contributed by atoms with Crippen LogP contribution < -0.4 is 0 Å². The number of likely N-dealkylation sites (tertiary alicyclic amines) is 1. The summed E-state index contributed by atoms with van der Waals surface area (Å²) in [5, 5.41) is 0. The van der Waals surface area contributed by atoms with Crippen LogP contribution in [0.4, 0.5) is 4.79 Å². The minimum atomic E-state index is -3.58. The molecule has 0 saturated carbocycles. The molecule has 0 aliphatic carbocycles. The molecule has 0 spiro atoms. The van der Waals surface area contributed by atoms with Gasteiger partial charge in [0.25, 0.3) is 0 Å². The van der Waals surface area contributed by atoms with Gasteiger partial charge in [0.1, 0.15) is 6.61 Å². The zero-order chi connectivity index (χ0) is 29.1. The van der Waals surface area contributed by atoms with Crippen molar-refractivity contribution < 1.29 is 17.9 Å². The quantitative estimate of drug-likeness (QED) is 0.242. The summed E-state index contributed by atoms with van der Waals surface area (Å²) in [6.07, 6.45) is 3.98. The van der Waals surface area contributed by atoms with Crippen LogP contribution in [0.2, 0.25) is 0 Å². The van der Waals surface area contributed by atoms with Crippen molar-refractivity contribution in [1.82, 2.24) is 14.1 Å². The molecular formula is C33H41N3O4S. The molecule has 1 atom stereocenters. The van der Waals surface area contributed by atoms with Gasteiger partial charge in [0, 0.05) is 39.3 Å². The van der Waals surface area contributed by atoms with Gasteiger partial charge in [-0.3, -0.25) is 0 Å². The predicted octanol–water partition coefficient (Wildman–Crippen LogP) is 5.77. The fourth-order valence-electron chi connectivity index (χ4n) is 5.38. The van der Waals surface area contributed by atoms with E-state index in [1.54, 1.807) is 42.3 Å². The van der Waals surface area contributed by atoms with Crippen molar-refractivity contribution in [2.75, 3.05) is 39.8 Å². The summed E-state index contributed by atoms with van der Waals surface area (Å²) in [6.45, 7) is 7.53. The van der Waals surface area contributed by atoms with Crippen LogP contribution in [0.3, 0.4) is 0 Å². The molecule has 1 fully saturated rings. The molecule has 3 aromatic rings. The Balaban J connectivity index is 1.33. The highest BCUT2D eigenvalue weighted by Crippen LogP contribution is 2.26. The SMILES string of the molecule is C=CCN(C(=O)OCc1ccccc1)C1CCN(CC[C@H](CN(C)S(=O)(=O)c2ccccc2)c2ccccc2)CC1. The zero-order valence-electron chi connectivity index (χ0n) is 23.8. The van der Waals surface area contributed by atoms with Gasteiger partial charge >= 0.3 is 6.09 Å². The first-order valence-electron chi connectivity index (χ1n) is 14.3. The standard InChI is InChI=1S/C33H41N3O4S/c1-3-22-36(33(37)40-27-28-13-7-4-8-14-28)31-20-24-35(25-21-31)23-19-30(29-15-9-5-10-16-29)26-34(2)41(38,39)32-17-11-6-12-18-32/h3-18,30-31H,1,19-27H2,2H3/t30-/m1/s1. The second-order valence-corrected chi connectivity index (χ2v) is 12.6. The molecule has 0 aromatic heterocycles. The van der Waals surface area contributed by atoms with Gasteiger partial charge in [-0.25, -0.2) is 17.5 Å². The lowest BCUT2D eigenvalue weighted by molar-refractivity contribution is 0.0654. The molecule has 0 N–H and O–H groups in total. The van der Waals surface area contributed by atoms with E-state index in [2.05, 4.69) is 23.6 Å². The van der Waals surface area contributed by atoms with Crippen molar-refractivity contribution in [2.24, 2.45) is 0 Å². The fourth-order valence-corrected chi connectivity index (χ4v) is 6.61. The highest BCUT2D eigenvalue weighted by atomic mass is 32.2. The molecule has 218 valence electrons. The number of amides is 1. The van der Waals surface area contributed by atoms with E-state index >= 15 is 0 Å². The van der Waals surface area contributed by atoms with Gasteiger partial charge in [-0.05, 0) is 55.0 Å². The van der Waals surface area contributed by atoms with Crippen LogP contribution in [0.5, 0.6) is 0 Å². The van der Waals surface area contributed by atoms with Crippen LogP contribution in [0.1, 0.15) is 36.3 Å². The first-order valence-corrected chi connectivity index (χ1v) is 15.7. The molecule has 1 aliphatic heterocycles. The minimum Gasteiger partial charge on any atom is -0.445 e. The van der Waals surface area contributed by atoms with Gasteiger partial charge in [0.2, 0.25) is 10.0 Å². The lowest BCUT2D eigenvalue weighted by Gasteiger charge is -2.38. The van der Waals surface area contributed by atoms with Crippen LogP contribution in [0.15, 0.2) is 109 Å². The fraction of sp³-hybridized carbons (Fsp3) is 0.364. The van der Waals surface area contributed by atoms with Crippen molar-refractivity contribution in [1.29, 1.82) is 0 Å². The van der Waals surface area contributed by atoms with E-state index in [0.717, 1.165) is 50.0 Å². The number of benzene rings is 3. The van der Waals surface area contributed by atoms with Gasteiger partial charge in [0.05, 0.1) is 4.90 Å². The molecule has 8 heteroatoms. The molecule has 0 bridgehead atoms. The molecule has 1 amide bonds. The number of ether oxygens (including phenoxy) is 1. The Labute approximate surface area is 245 Å². The van der Waals surface area contributed by atoms with Crippen molar-refractivity contribution in [3.05, 3.63) is 115 Å². The van der Waals surface area contributed by atoms with Gasteiger partial charge in [0.15, 0.2) is 0 Å². The molecule has 1 saturated heterocycles. The Morgan fingerprint density at radius 1 is 0.976 bits per heavy atom. The van der Waals surface area contributed by atoms with E-state index in [1.165, 1.54) is 4.31 Å². The third kappa shape index (κ3) is 8.52. The maximum absolute atomic E-state index is 13.2. The lowest BCUT2D eigenvalue weighted by Crippen LogP contribution is -2.48. The topological polar surface area (TPSA) is 70.2 Å². The number of hydrogen-bond donors (Lipinski definition) is 0.